The highest BCUT2D eigenvalue weighted by molar-refractivity contribution is 7.15. The summed E-state index contributed by atoms with van der Waals surface area (Å²) in [4.78, 5) is 48.6. The van der Waals surface area contributed by atoms with E-state index in [1.165, 1.54) is 20.5 Å². The quantitative estimate of drug-likeness (QED) is 0.480. The van der Waals surface area contributed by atoms with Crippen molar-refractivity contribution < 1.29 is 9.59 Å². The molecule has 10 heteroatoms. The molecule has 3 N–H and O–H groups in total. The summed E-state index contributed by atoms with van der Waals surface area (Å²) in [5.41, 5.74) is 6.07. The molecule has 0 spiro atoms. The van der Waals surface area contributed by atoms with Crippen molar-refractivity contribution in [3.8, 4) is 10.7 Å². The maximum atomic E-state index is 13.1. The molecule has 0 aliphatic rings. The summed E-state index contributed by atoms with van der Waals surface area (Å²) in [6, 6.07) is 12.7. The number of hydrogen-bond acceptors (Lipinski definition) is 6. The number of rotatable bonds is 6. The molecule has 0 bridgehead atoms. The fourth-order valence-electron chi connectivity index (χ4n) is 3.35. The fraction of sp³-hybridized carbons (Fsp3) is 0.190. The summed E-state index contributed by atoms with van der Waals surface area (Å²) in [6.07, 6.45) is 0. The summed E-state index contributed by atoms with van der Waals surface area (Å²) in [5.74, 6) is -0.906. The van der Waals surface area contributed by atoms with E-state index in [-0.39, 0.29) is 23.4 Å². The van der Waals surface area contributed by atoms with Gasteiger partial charge in [-0.1, -0.05) is 18.2 Å². The molecule has 4 rings (SSSR count). The van der Waals surface area contributed by atoms with Gasteiger partial charge in [0.2, 0.25) is 5.91 Å². The van der Waals surface area contributed by atoms with Gasteiger partial charge in [-0.25, -0.2) is 14.8 Å². The predicted octanol–water partition coefficient (Wildman–Crippen LogP) is 2.39. The summed E-state index contributed by atoms with van der Waals surface area (Å²) in [6.45, 7) is 3.74. The molecular weight excluding hydrogens is 416 g/mol. The van der Waals surface area contributed by atoms with E-state index in [0.29, 0.717) is 18.1 Å². The van der Waals surface area contributed by atoms with E-state index in [9.17, 15) is 14.4 Å². The minimum atomic E-state index is -0.799. The number of anilines is 1. The third-order valence-corrected chi connectivity index (χ3v) is 5.72. The van der Waals surface area contributed by atoms with Crippen LogP contribution in [0.15, 0.2) is 47.3 Å². The van der Waals surface area contributed by atoms with Gasteiger partial charge < -0.3 is 11.1 Å². The van der Waals surface area contributed by atoms with Gasteiger partial charge in [0.25, 0.3) is 5.91 Å². The second-order valence-corrected chi connectivity index (χ2v) is 8.16. The van der Waals surface area contributed by atoms with Crippen LogP contribution in [-0.4, -0.2) is 30.9 Å². The molecule has 0 unspecified atom stereocenters. The smallest absolute Gasteiger partial charge is 0.330 e. The molecule has 3 aromatic heterocycles. The zero-order chi connectivity index (χ0) is 22.1. The van der Waals surface area contributed by atoms with Gasteiger partial charge in [-0.2, -0.15) is 0 Å². The number of imidazole rings is 1. The van der Waals surface area contributed by atoms with E-state index in [1.54, 1.807) is 31.2 Å². The largest absolute Gasteiger partial charge is 0.364 e. The summed E-state index contributed by atoms with van der Waals surface area (Å²) < 4.78 is 2.60. The van der Waals surface area contributed by atoms with Gasteiger partial charge in [0.15, 0.2) is 17.2 Å². The minimum Gasteiger partial charge on any atom is -0.364 e. The van der Waals surface area contributed by atoms with Gasteiger partial charge >= 0.3 is 5.69 Å². The number of amides is 2. The Morgan fingerprint density at radius 3 is 2.45 bits per heavy atom. The first kappa shape index (κ1) is 20.5. The maximum Gasteiger partial charge on any atom is 0.330 e. The van der Waals surface area contributed by atoms with Crippen molar-refractivity contribution in [1.82, 2.24) is 19.1 Å². The Morgan fingerprint density at radius 2 is 1.84 bits per heavy atom. The van der Waals surface area contributed by atoms with Crippen LogP contribution < -0.4 is 16.7 Å². The third kappa shape index (κ3) is 3.84. The SMILES string of the molecule is CCn1c(=O)n(CC(=O)Nc2ccccc2)c2c(C(N)=O)nc(-c3ccc(C)s3)nc21. The number of benzene rings is 1. The zero-order valence-electron chi connectivity index (χ0n) is 17.0. The number of para-hydroxylation sites is 1. The molecule has 31 heavy (non-hydrogen) atoms. The standard InChI is InChI=1S/C21H20N6O3S/c1-3-26-20-17(16(18(22)29)24-19(25-20)14-10-9-12(2)31-14)27(21(26)30)11-15(28)23-13-7-5-4-6-8-13/h4-10H,3,11H2,1-2H3,(H2,22,29)(H,23,28). The maximum absolute atomic E-state index is 13.1. The summed E-state index contributed by atoms with van der Waals surface area (Å²) in [5, 5.41) is 2.74. The van der Waals surface area contributed by atoms with E-state index in [0.717, 1.165) is 9.75 Å². The van der Waals surface area contributed by atoms with E-state index in [4.69, 9.17) is 5.73 Å². The second-order valence-electron chi connectivity index (χ2n) is 6.87. The monoisotopic (exact) mass is 436 g/mol. The van der Waals surface area contributed by atoms with Gasteiger partial charge in [-0.05, 0) is 38.1 Å². The Hall–Kier alpha value is -3.79. The molecule has 2 amide bonds. The Kier molecular flexibility index (Phi) is 5.38. The normalized spacial score (nSPS) is 11.0. The van der Waals surface area contributed by atoms with Gasteiger partial charge in [0.05, 0.1) is 4.88 Å². The summed E-state index contributed by atoms with van der Waals surface area (Å²) in [7, 11) is 0. The van der Waals surface area contributed by atoms with Crippen LogP contribution in [0.3, 0.4) is 0 Å². The Labute approximate surface area is 181 Å². The van der Waals surface area contributed by atoms with Crippen LogP contribution in [0.1, 0.15) is 22.3 Å². The van der Waals surface area contributed by atoms with E-state index in [1.807, 2.05) is 25.1 Å². The average Bonchev–Trinajstić information content (AvgIpc) is 3.29. The first-order valence-corrected chi connectivity index (χ1v) is 10.4. The van der Waals surface area contributed by atoms with Crippen LogP contribution in [0.4, 0.5) is 5.69 Å². The van der Waals surface area contributed by atoms with Crippen LogP contribution in [0.2, 0.25) is 0 Å². The topological polar surface area (TPSA) is 125 Å². The Morgan fingerprint density at radius 1 is 1.10 bits per heavy atom. The van der Waals surface area contributed by atoms with E-state index < -0.39 is 17.5 Å². The predicted molar refractivity (Wildman–Crippen MR) is 119 cm³/mol. The van der Waals surface area contributed by atoms with Gasteiger partial charge in [-0.3, -0.25) is 18.7 Å². The number of carbonyl (C=O) groups excluding carboxylic acids is 2. The number of nitrogens with two attached hydrogens (primary N) is 1. The number of primary amides is 1. The van der Waals surface area contributed by atoms with E-state index >= 15 is 0 Å². The third-order valence-electron chi connectivity index (χ3n) is 4.72. The van der Waals surface area contributed by atoms with Crippen molar-refractivity contribution in [1.29, 1.82) is 0 Å². The molecule has 9 nitrogen and oxygen atoms in total. The van der Waals surface area contributed by atoms with E-state index in [2.05, 4.69) is 15.3 Å². The van der Waals surface area contributed by atoms with Crippen LogP contribution >= 0.6 is 11.3 Å². The Balaban J connectivity index is 1.86. The number of carbonyl (C=O) groups is 2. The summed E-state index contributed by atoms with van der Waals surface area (Å²) >= 11 is 1.47. The number of hydrogen-bond donors (Lipinski definition) is 2. The average molecular weight is 436 g/mol. The lowest BCUT2D eigenvalue weighted by Gasteiger charge is -2.08. The first-order chi connectivity index (χ1) is 14.9. The number of nitrogens with one attached hydrogen (secondary N) is 1. The van der Waals surface area contributed by atoms with Crippen LogP contribution in [0, 0.1) is 6.92 Å². The molecule has 0 fully saturated rings. The van der Waals surface area contributed by atoms with Crippen molar-refractivity contribution in [2.75, 3.05) is 5.32 Å². The lowest BCUT2D eigenvalue weighted by atomic mass is 10.3. The molecule has 0 aliphatic carbocycles. The zero-order valence-corrected chi connectivity index (χ0v) is 17.8. The highest BCUT2D eigenvalue weighted by Gasteiger charge is 2.24. The fourth-order valence-corrected chi connectivity index (χ4v) is 4.15. The van der Waals surface area contributed by atoms with Gasteiger partial charge in [0, 0.05) is 17.1 Å². The van der Waals surface area contributed by atoms with Crippen LogP contribution in [-0.2, 0) is 17.9 Å². The highest BCUT2D eigenvalue weighted by atomic mass is 32.1. The molecule has 0 saturated heterocycles. The molecule has 0 saturated carbocycles. The van der Waals surface area contributed by atoms with Crippen LogP contribution in [0.5, 0.6) is 0 Å². The van der Waals surface area contributed by atoms with Crippen molar-refractivity contribution in [2.24, 2.45) is 5.73 Å². The molecule has 0 atom stereocenters. The second kappa shape index (κ2) is 8.15. The Bertz CT molecular complexity index is 1350. The number of nitrogens with zero attached hydrogens (tertiary/aromatic N) is 4. The van der Waals surface area contributed by atoms with Gasteiger partial charge in [0.1, 0.15) is 12.1 Å². The number of fused-ring (bicyclic) bond motifs is 1. The van der Waals surface area contributed by atoms with Crippen molar-refractivity contribution >= 4 is 40.0 Å². The molecular formula is C21H20N6O3S. The molecule has 4 aromatic rings. The first-order valence-electron chi connectivity index (χ1n) is 9.61. The van der Waals surface area contributed by atoms with Crippen molar-refractivity contribution in [2.45, 2.75) is 26.9 Å². The lowest BCUT2D eigenvalue weighted by Crippen LogP contribution is -2.29. The van der Waals surface area contributed by atoms with Crippen LogP contribution in [0.25, 0.3) is 21.9 Å². The molecule has 3 heterocycles. The minimum absolute atomic E-state index is 0.0946. The van der Waals surface area contributed by atoms with Gasteiger partial charge in [-0.15, -0.1) is 11.3 Å². The molecule has 0 aliphatic heterocycles. The van der Waals surface area contributed by atoms with Crippen molar-refractivity contribution in [3.05, 3.63) is 63.5 Å². The highest BCUT2D eigenvalue weighted by Crippen LogP contribution is 2.27. The lowest BCUT2D eigenvalue weighted by molar-refractivity contribution is -0.116. The molecule has 0 radical (unpaired) electrons. The molecule has 1 aromatic carbocycles. The molecule has 158 valence electrons. The number of aryl methyl sites for hydroxylation is 2. The number of aromatic nitrogens is 4. The van der Waals surface area contributed by atoms with Crippen molar-refractivity contribution in [3.63, 3.8) is 0 Å². The number of thiophene rings is 1.